The fourth-order valence-electron chi connectivity index (χ4n) is 1.05. The highest BCUT2D eigenvalue weighted by molar-refractivity contribution is 5.32. The van der Waals surface area contributed by atoms with Crippen molar-refractivity contribution in [1.29, 1.82) is 0 Å². The molecule has 0 saturated heterocycles. The van der Waals surface area contributed by atoms with Crippen LogP contribution in [0.5, 0.6) is 5.75 Å². The zero-order valence-corrected chi connectivity index (χ0v) is 8.71. The number of aryl methyl sites for hydroxylation is 1. The summed E-state index contributed by atoms with van der Waals surface area (Å²) in [6, 6.07) is 8.17. The summed E-state index contributed by atoms with van der Waals surface area (Å²) in [6.07, 6.45) is 2.97. The molecule has 0 spiro atoms. The number of rotatable bonds is 2. The first kappa shape index (κ1) is 10.1. The number of ether oxygens (including phenoxy) is 1. The summed E-state index contributed by atoms with van der Waals surface area (Å²) >= 11 is 0. The van der Waals surface area contributed by atoms with E-state index in [9.17, 15) is 0 Å². The van der Waals surface area contributed by atoms with Crippen LogP contribution in [0.2, 0.25) is 0 Å². The van der Waals surface area contributed by atoms with Gasteiger partial charge in [-0.15, -0.1) is 0 Å². The third-order valence-corrected chi connectivity index (χ3v) is 1.91. The van der Waals surface area contributed by atoms with Gasteiger partial charge in [-0.1, -0.05) is 32.0 Å². The molecule has 1 fully saturated rings. The van der Waals surface area contributed by atoms with Crippen molar-refractivity contribution in [3.63, 3.8) is 0 Å². The summed E-state index contributed by atoms with van der Waals surface area (Å²) in [7, 11) is 0. The molecule has 0 aromatic heterocycles. The van der Waals surface area contributed by atoms with Gasteiger partial charge in [0.15, 0.2) is 0 Å². The van der Waals surface area contributed by atoms with Gasteiger partial charge in [0.1, 0.15) is 5.75 Å². The minimum absolute atomic E-state index is 0.510. The average Bonchev–Trinajstić information content (AvgIpc) is 2.96. The van der Waals surface area contributed by atoms with E-state index in [0.717, 1.165) is 5.75 Å². The second-order valence-corrected chi connectivity index (χ2v) is 3.08. The zero-order chi connectivity index (χ0) is 9.68. The van der Waals surface area contributed by atoms with Crippen molar-refractivity contribution in [2.75, 3.05) is 0 Å². The fraction of sp³-hybridized carbons (Fsp3) is 0.500. The van der Waals surface area contributed by atoms with Crippen molar-refractivity contribution in [1.82, 2.24) is 0 Å². The topological polar surface area (TPSA) is 9.23 Å². The van der Waals surface area contributed by atoms with E-state index >= 15 is 0 Å². The Labute approximate surface area is 80.7 Å². The van der Waals surface area contributed by atoms with Crippen molar-refractivity contribution >= 4 is 0 Å². The minimum atomic E-state index is 0.510. The standard InChI is InChI=1S/C10H12O.C2H6/c1-8-4-2-3-5-10(8)11-9-6-7-9;1-2/h2-5,9H,6-7H2,1H3;1-2H3. The van der Waals surface area contributed by atoms with Crippen molar-refractivity contribution in [2.45, 2.75) is 39.7 Å². The lowest BCUT2D eigenvalue weighted by molar-refractivity contribution is 0.301. The molecule has 1 saturated carbocycles. The molecular weight excluding hydrogens is 160 g/mol. The van der Waals surface area contributed by atoms with Crippen LogP contribution in [0.1, 0.15) is 32.3 Å². The second kappa shape index (κ2) is 4.90. The summed E-state index contributed by atoms with van der Waals surface area (Å²) < 4.78 is 5.66. The summed E-state index contributed by atoms with van der Waals surface area (Å²) in [4.78, 5) is 0. The Morgan fingerprint density at radius 3 is 2.31 bits per heavy atom. The molecule has 0 radical (unpaired) electrons. The Morgan fingerprint density at radius 1 is 1.15 bits per heavy atom. The van der Waals surface area contributed by atoms with Crippen LogP contribution in [-0.4, -0.2) is 6.10 Å². The van der Waals surface area contributed by atoms with Gasteiger partial charge in [0.2, 0.25) is 0 Å². The Bertz CT molecular complexity index is 251. The number of benzene rings is 1. The van der Waals surface area contributed by atoms with Gasteiger partial charge in [0, 0.05) is 0 Å². The molecule has 0 N–H and O–H groups in total. The van der Waals surface area contributed by atoms with E-state index in [-0.39, 0.29) is 0 Å². The first-order valence-electron chi connectivity index (χ1n) is 5.08. The van der Waals surface area contributed by atoms with Gasteiger partial charge in [0.05, 0.1) is 6.10 Å². The van der Waals surface area contributed by atoms with Crippen molar-refractivity contribution in [2.24, 2.45) is 0 Å². The molecule has 0 bridgehead atoms. The van der Waals surface area contributed by atoms with E-state index in [2.05, 4.69) is 13.0 Å². The monoisotopic (exact) mass is 178 g/mol. The molecule has 72 valence electrons. The van der Waals surface area contributed by atoms with Crippen LogP contribution in [0, 0.1) is 6.92 Å². The summed E-state index contributed by atoms with van der Waals surface area (Å²) in [5, 5.41) is 0. The van der Waals surface area contributed by atoms with Crippen LogP contribution in [-0.2, 0) is 0 Å². The molecule has 1 aliphatic rings. The molecule has 0 aliphatic heterocycles. The molecule has 1 aromatic carbocycles. The van der Waals surface area contributed by atoms with Gasteiger partial charge in [0.25, 0.3) is 0 Å². The third-order valence-electron chi connectivity index (χ3n) is 1.91. The maximum atomic E-state index is 5.66. The normalized spacial score (nSPS) is 14.4. The summed E-state index contributed by atoms with van der Waals surface area (Å²) in [5.41, 5.74) is 1.24. The molecule has 1 aliphatic carbocycles. The molecule has 2 rings (SSSR count). The quantitative estimate of drug-likeness (QED) is 0.672. The smallest absolute Gasteiger partial charge is 0.122 e. The van der Waals surface area contributed by atoms with Crippen molar-refractivity contribution in [3.8, 4) is 5.75 Å². The molecule has 1 heteroatoms. The lowest BCUT2D eigenvalue weighted by Gasteiger charge is -2.05. The highest BCUT2D eigenvalue weighted by Crippen LogP contribution is 2.28. The van der Waals surface area contributed by atoms with Crippen molar-refractivity contribution < 1.29 is 4.74 Å². The maximum absolute atomic E-state index is 5.66. The fourth-order valence-corrected chi connectivity index (χ4v) is 1.05. The molecule has 13 heavy (non-hydrogen) atoms. The first-order chi connectivity index (χ1) is 6.36. The summed E-state index contributed by atoms with van der Waals surface area (Å²) in [5.74, 6) is 1.05. The predicted molar refractivity (Wildman–Crippen MR) is 56.2 cm³/mol. The largest absolute Gasteiger partial charge is 0.490 e. The van der Waals surface area contributed by atoms with Gasteiger partial charge in [-0.05, 0) is 31.4 Å². The van der Waals surface area contributed by atoms with Crippen molar-refractivity contribution in [3.05, 3.63) is 29.8 Å². The van der Waals surface area contributed by atoms with Crippen LogP contribution in [0.4, 0.5) is 0 Å². The predicted octanol–water partition coefficient (Wildman–Crippen LogP) is 3.56. The summed E-state index contributed by atoms with van der Waals surface area (Å²) in [6.45, 7) is 6.08. The molecule has 1 aromatic rings. The molecule has 0 atom stereocenters. The first-order valence-corrected chi connectivity index (χ1v) is 5.08. The Hall–Kier alpha value is -0.980. The average molecular weight is 178 g/mol. The van der Waals surface area contributed by atoms with Crippen LogP contribution in [0.25, 0.3) is 0 Å². The Morgan fingerprint density at radius 2 is 1.77 bits per heavy atom. The highest BCUT2D eigenvalue weighted by Gasteiger charge is 2.23. The highest BCUT2D eigenvalue weighted by atomic mass is 16.5. The van der Waals surface area contributed by atoms with Gasteiger partial charge < -0.3 is 4.74 Å². The van der Waals surface area contributed by atoms with E-state index in [1.165, 1.54) is 18.4 Å². The molecule has 0 amide bonds. The second-order valence-electron chi connectivity index (χ2n) is 3.08. The van der Waals surface area contributed by atoms with Gasteiger partial charge in [-0.3, -0.25) is 0 Å². The SMILES string of the molecule is CC.Cc1ccccc1OC1CC1. The number of hydrogen-bond acceptors (Lipinski definition) is 1. The van der Waals surface area contributed by atoms with E-state index in [0.29, 0.717) is 6.10 Å². The van der Waals surface area contributed by atoms with E-state index < -0.39 is 0 Å². The van der Waals surface area contributed by atoms with E-state index in [1.54, 1.807) is 0 Å². The van der Waals surface area contributed by atoms with E-state index in [1.807, 2.05) is 32.0 Å². The Balaban J connectivity index is 0.000000396. The number of hydrogen-bond donors (Lipinski definition) is 0. The number of para-hydroxylation sites is 1. The van der Waals surface area contributed by atoms with E-state index in [4.69, 9.17) is 4.74 Å². The molecule has 0 unspecified atom stereocenters. The van der Waals surface area contributed by atoms with Gasteiger partial charge in [-0.25, -0.2) is 0 Å². The van der Waals surface area contributed by atoms with Crippen LogP contribution in [0.3, 0.4) is 0 Å². The lowest BCUT2D eigenvalue weighted by Crippen LogP contribution is -1.96. The molecule has 1 nitrogen and oxygen atoms in total. The maximum Gasteiger partial charge on any atom is 0.122 e. The van der Waals surface area contributed by atoms with Gasteiger partial charge in [-0.2, -0.15) is 0 Å². The molecule has 0 heterocycles. The molecular formula is C12H18O. The van der Waals surface area contributed by atoms with Crippen LogP contribution >= 0.6 is 0 Å². The zero-order valence-electron chi connectivity index (χ0n) is 8.71. The van der Waals surface area contributed by atoms with Crippen LogP contribution < -0.4 is 4.74 Å². The Kier molecular flexibility index (Phi) is 3.81. The van der Waals surface area contributed by atoms with Crippen LogP contribution in [0.15, 0.2) is 24.3 Å². The lowest BCUT2D eigenvalue weighted by atomic mass is 10.2. The minimum Gasteiger partial charge on any atom is -0.490 e. The van der Waals surface area contributed by atoms with Gasteiger partial charge >= 0.3 is 0 Å². The third kappa shape index (κ3) is 3.10.